The van der Waals surface area contributed by atoms with E-state index in [1.54, 1.807) is 0 Å². The first kappa shape index (κ1) is 73.7. The summed E-state index contributed by atoms with van der Waals surface area (Å²) >= 11 is 0. The maximum absolute atomic E-state index is 13.0. The number of allylic oxidation sites excluding steroid dienone is 6. The van der Waals surface area contributed by atoms with E-state index in [1.807, 2.05) is 21.1 Å². The van der Waals surface area contributed by atoms with Gasteiger partial charge in [0.25, 0.3) is 7.82 Å². The average Bonchev–Trinajstić information content (AvgIpc) is 3.37. The van der Waals surface area contributed by atoms with Gasteiger partial charge in [0.05, 0.1) is 39.9 Å². The van der Waals surface area contributed by atoms with E-state index in [1.165, 1.54) is 244 Å². The van der Waals surface area contributed by atoms with E-state index in [4.69, 9.17) is 9.05 Å². The van der Waals surface area contributed by atoms with E-state index in [9.17, 15) is 24.5 Å². The van der Waals surface area contributed by atoms with Gasteiger partial charge in [0.2, 0.25) is 5.91 Å². The first-order valence-electron chi connectivity index (χ1n) is 32.4. The summed E-state index contributed by atoms with van der Waals surface area (Å²) in [7, 11) is 1.12. The Morgan fingerprint density at radius 3 is 1.16 bits per heavy atom. The number of quaternary nitrogens is 1. The van der Waals surface area contributed by atoms with Gasteiger partial charge in [0, 0.05) is 6.42 Å². The highest BCUT2D eigenvalue weighted by Crippen LogP contribution is 2.38. The van der Waals surface area contributed by atoms with Crippen molar-refractivity contribution in [2.24, 2.45) is 0 Å². The second-order valence-electron chi connectivity index (χ2n) is 23.6. The number of aliphatic hydroxyl groups is 2. The fraction of sp³-hybridized carbons (Fsp3) is 0.892. The third-order valence-electron chi connectivity index (χ3n) is 14.9. The van der Waals surface area contributed by atoms with Gasteiger partial charge in [-0.3, -0.25) is 9.36 Å². The Balaban J connectivity index is 3.92. The van der Waals surface area contributed by atoms with Crippen molar-refractivity contribution in [3.8, 4) is 0 Å². The first-order valence-corrected chi connectivity index (χ1v) is 33.9. The number of carbonyl (C=O) groups excluding carboxylic acids is 1. The Labute approximate surface area is 466 Å². The Hall–Kier alpha value is -1.32. The molecule has 0 aromatic carbocycles. The van der Waals surface area contributed by atoms with Crippen LogP contribution in [0.1, 0.15) is 316 Å². The summed E-state index contributed by atoms with van der Waals surface area (Å²) in [6.07, 6.45) is 69.7. The number of aliphatic hydroxyl groups excluding tert-OH is 2. The second kappa shape index (κ2) is 56.0. The van der Waals surface area contributed by atoms with Crippen LogP contribution in [-0.4, -0.2) is 79.8 Å². The predicted octanol–water partition coefficient (Wildman–Crippen LogP) is 18.4. The molecule has 3 N–H and O–H groups in total. The highest BCUT2D eigenvalue weighted by atomic mass is 31.2. The number of hydrogen-bond donors (Lipinski definition) is 3. The molecule has 4 unspecified atom stereocenters. The first-order chi connectivity index (χ1) is 36.4. The van der Waals surface area contributed by atoms with Crippen molar-refractivity contribution in [1.82, 2.24) is 5.32 Å². The van der Waals surface area contributed by atoms with Gasteiger partial charge in [-0.25, -0.2) is 0 Å². The van der Waals surface area contributed by atoms with E-state index in [0.717, 1.165) is 38.5 Å². The summed E-state index contributed by atoms with van der Waals surface area (Å²) in [5.74, 6) is -0.283. The molecule has 0 fully saturated rings. The number of carbonyl (C=O) groups is 1. The van der Waals surface area contributed by atoms with E-state index < -0.39 is 32.7 Å². The standard InChI is InChI=1S/C65H127N2O7P/c1-6-8-10-12-14-16-18-20-21-22-23-24-25-26-27-28-29-30-31-32-33-34-35-36-37-38-39-40-41-42-43-44-45-46-48-50-52-54-56-58-64(69)66-62(61-74-75(71,72)73-60-59-67(3,4)5)65(70)63(68)57-55-53-51-49-47-19-17-15-13-11-9-7-2/h18,20,22-23,49,51,62-63,65,68,70H,6-17,19,21,24-48,50,52-61H2,1-5H3,(H-,66,69,71,72)/b20-18-,23-22-,51-49+. The van der Waals surface area contributed by atoms with Crippen LogP contribution in [0.2, 0.25) is 0 Å². The van der Waals surface area contributed by atoms with Crippen molar-refractivity contribution in [1.29, 1.82) is 0 Å². The molecule has 9 nitrogen and oxygen atoms in total. The molecule has 0 saturated carbocycles. The normalized spacial score (nSPS) is 14.4. The van der Waals surface area contributed by atoms with Crippen molar-refractivity contribution < 1.29 is 38.0 Å². The maximum atomic E-state index is 13.0. The van der Waals surface area contributed by atoms with Gasteiger partial charge >= 0.3 is 0 Å². The van der Waals surface area contributed by atoms with Gasteiger partial charge in [-0.05, 0) is 70.6 Å². The molecule has 0 aliphatic carbocycles. The maximum Gasteiger partial charge on any atom is 0.268 e. The largest absolute Gasteiger partial charge is 0.756 e. The average molecular weight is 1080 g/mol. The molecule has 4 atom stereocenters. The lowest BCUT2D eigenvalue weighted by Gasteiger charge is -2.31. The zero-order chi connectivity index (χ0) is 55.0. The fourth-order valence-corrected chi connectivity index (χ4v) is 10.5. The molecule has 0 aliphatic rings. The van der Waals surface area contributed by atoms with Gasteiger partial charge in [-0.1, -0.05) is 275 Å². The number of unbranched alkanes of at least 4 members (excludes halogenated alkanes) is 40. The molecule has 444 valence electrons. The minimum Gasteiger partial charge on any atom is -0.756 e. The summed E-state index contributed by atoms with van der Waals surface area (Å²) < 4.78 is 23.3. The predicted molar refractivity (Wildman–Crippen MR) is 322 cm³/mol. The summed E-state index contributed by atoms with van der Waals surface area (Å²) in [4.78, 5) is 25.5. The van der Waals surface area contributed by atoms with Gasteiger partial charge in [-0.15, -0.1) is 0 Å². The summed E-state index contributed by atoms with van der Waals surface area (Å²) in [5.41, 5.74) is 0. The minimum absolute atomic E-state index is 0.0442. The molecule has 0 spiro atoms. The molecule has 0 aliphatic heterocycles. The van der Waals surface area contributed by atoms with Crippen molar-refractivity contribution in [2.75, 3.05) is 40.9 Å². The number of rotatable bonds is 60. The number of nitrogens with zero attached hydrogens (tertiary/aromatic N) is 1. The number of hydrogen-bond acceptors (Lipinski definition) is 7. The Kier molecular flexibility index (Phi) is 55.0. The van der Waals surface area contributed by atoms with Gasteiger partial charge in [0.1, 0.15) is 19.3 Å². The molecule has 75 heavy (non-hydrogen) atoms. The van der Waals surface area contributed by atoms with Crippen molar-refractivity contribution >= 4 is 13.7 Å². The Morgan fingerprint density at radius 2 is 0.800 bits per heavy atom. The number of amides is 1. The van der Waals surface area contributed by atoms with E-state index in [-0.39, 0.29) is 18.9 Å². The highest BCUT2D eigenvalue weighted by molar-refractivity contribution is 7.45. The molecule has 0 aromatic heterocycles. The molecule has 10 heteroatoms. The molecule has 0 saturated heterocycles. The van der Waals surface area contributed by atoms with Crippen LogP contribution in [0.4, 0.5) is 0 Å². The van der Waals surface area contributed by atoms with Crippen LogP contribution in [0.15, 0.2) is 36.5 Å². The summed E-state index contributed by atoms with van der Waals surface area (Å²) in [6.45, 7) is 4.43. The zero-order valence-corrected chi connectivity index (χ0v) is 51.3. The van der Waals surface area contributed by atoms with Crippen LogP contribution in [0.3, 0.4) is 0 Å². The lowest BCUT2D eigenvalue weighted by atomic mass is 10.0. The van der Waals surface area contributed by atoms with Gasteiger partial charge < -0.3 is 34.0 Å². The number of likely N-dealkylation sites (N-methyl/N-ethyl adjacent to an activating group) is 1. The SMILES string of the molecule is CCCCCCC/C=C\C/C=C\CCCCCCCCCCCCCCCCCCCCCCCCCCCCCC(=O)NC(COP(=O)([O-])OCC[N+](C)(C)C)C(O)C(O)CCC/C=C/CCCCCCCCC. The molecule has 0 heterocycles. The highest BCUT2D eigenvalue weighted by Gasteiger charge is 2.29. The number of phosphoric ester groups is 1. The Morgan fingerprint density at radius 1 is 0.480 bits per heavy atom. The summed E-state index contributed by atoms with van der Waals surface area (Å²) in [5, 5.41) is 24.7. The lowest BCUT2D eigenvalue weighted by Crippen LogP contribution is -2.51. The van der Waals surface area contributed by atoms with Crippen LogP contribution in [-0.2, 0) is 18.4 Å². The molecular weight excluding hydrogens is 952 g/mol. The van der Waals surface area contributed by atoms with Crippen molar-refractivity contribution in [3.05, 3.63) is 36.5 Å². The van der Waals surface area contributed by atoms with E-state index >= 15 is 0 Å². The van der Waals surface area contributed by atoms with E-state index in [0.29, 0.717) is 23.9 Å². The third kappa shape index (κ3) is 57.2. The van der Waals surface area contributed by atoms with Gasteiger partial charge in [0.15, 0.2) is 0 Å². The molecule has 1 amide bonds. The van der Waals surface area contributed by atoms with Crippen molar-refractivity contribution in [2.45, 2.75) is 334 Å². The molecular formula is C65H127N2O7P. The van der Waals surface area contributed by atoms with Gasteiger partial charge in [-0.2, -0.15) is 0 Å². The van der Waals surface area contributed by atoms with Crippen LogP contribution in [0.5, 0.6) is 0 Å². The molecule has 0 aromatic rings. The van der Waals surface area contributed by atoms with Crippen molar-refractivity contribution in [3.63, 3.8) is 0 Å². The van der Waals surface area contributed by atoms with E-state index in [2.05, 4.69) is 55.6 Å². The molecule has 0 radical (unpaired) electrons. The van der Waals surface area contributed by atoms with Crippen LogP contribution < -0.4 is 10.2 Å². The smallest absolute Gasteiger partial charge is 0.268 e. The fourth-order valence-electron chi connectivity index (χ4n) is 9.82. The third-order valence-corrected chi connectivity index (χ3v) is 15.9. The molecule has 0 rings (SSSR count). The Bertz CT molecular complexity index is 1340. The van der Waals surface area contributed by atoms with Crippen LogP contribution >= 0.6 is 7.82 Å². The quantitative estimate of drug-likeness (QED) is 0.0239. The van der Waals surface area contributed by atoms with Crippen LogP contribution in [0, 0.1) is 0 Å². The minimum atomic E-state index is -4.68. The lowest BCUT2D eigenvalue weighted by molar-refractivity contribution is -0.870. The number of phosphoric acid groups is 1. The molecule has 0 bridgehead atoms. The van der Waals surface area contributed by atoms with Crippen LogP contribution in [0.25, 0.3) is 0 Å². The summed E-state index contributed by atoms with van der Waals surface area (Å²) in [6, 6.07) is -1.09. The topological polar surface area (TPSA) is 128 Å². The number of nitrogens with one attached hydrogen (secondary N) is 1. The zero-order valence-electron chi connectivity index (χ0n) is 50.4. The monoisotopic (exact) mass is 1080 g/mol. The second-order valence-corrected chi connectivity index (χ2v) is 25.0.